The fourth-order valence-corrected chi connectivity index (χ4v) is 3.29. The second kappa shape index (κ2) is 5.50. The number of rotatable bonds is 2. The van der Waals surface area contributed by atoms with Gasteiger partial charge in [0.1, 0.15) is 16.9 Å². The first-order valence-electron chi connectivity index (χ1n) is 7.70. The van der Waals surface area contributed by atoms with E-state index in [0.717, 1.165) is 6.42 Å². The zero-order valence-electron chi connectivity index (χ0n) is 12.5. The predicted molar refractivity (Wildman–Crippen MR) is 85.8 cm³/mol. The Morgan fingerprint density at radius 2 is 2.04 bits per heavy atom. The zero-order valence-corrected chi connectivity index (χ0v) is 12.5. The minimum atomic E-state index is -0.516. The van der Waals surface area contributed by atoms with Crippen LogP contribution in [0.2, 0.25) is 0 Å². The standard InChI is InChI=1S/C18H16FN3O/c19-14-6-7-15-17(21-11-20-15)16(14)18(23)22-9-8-13(10-22)12-4-2-1-3-5-12/h1-7,11,13H,8-10H2,(H,20,21). The lowest BCUT2D eigenvalue weighted by Gasteiger charge is -2.17. The molecule has 1 amide bonds. The van der Waals surface area contributed by atoms with Crippen molar-refractivity contribution in [2.24, 2.45) is 0 Å². The SMILES string of the molecule is O=C(c1c(F)ccc2[nH]cnc12)N1CCC(c2ccccc2)C1. The van der Waals surface area contributed by atoms with E-state index in [9.17, 15) is 9.18 Å². The van der Waals surface area contributed by atoms with E-state index in [1.54, 1.807) is 11.0 Å². The minimum absolute atomic E-state index is 0.0671. The minimum Gasteiger partial charge on any atom is -0.345 e. The number of carbonyl (C=O) groups excluding carboxylic acids is 1. The molecule has 3 aromatic rings. The molecule has 0 spiro atoms. The van der Waals surface area contributed by atoms with Gasteiger partial charge in [-0.2, -0.15) is 0 Å². The lowest BCUT2D eigenvalue weighted by Crippen LogP contribution is -2.29. The first kappa shape index (κ1) is 13.9. The number of amides is 1. The average Bonchev–Trinajstić information content (AvgIpc) is 3.24. The topological polar surface area (TPSA) is 49.0 Å². The number of aromatic amines is 1. The van der Waals surface area contributed by atoms with Crippen LogP contribution in [-0.2, 0) is 0 Å². The van der Waals surface area contributed by atoms with E-state index in [1.165, 1.54) is 18.0 Å². The molecule has 1 atom stereocenters. The number of hydrogen-bond acceptors (Lipinski definition) is 2. The van der Waals surface area contributed by atoms with Crippen molar-refractivity contribution in [2.45, 2.75) is 12.3 Å². The third-order valence-electron chi connectivity index (χ3n) is 4.50. The Labute approximate surface area is 133 Å². The van der Waals surface area contributed by atoms with E-state index < -0.39 is 5.82 Å². The van der Waals surface area contributed by atoms with Crippen LogP contribution in [0.5, 0.6) is 0 Å². The van der Waals surface area contributed by atoms with Gasteiger partial charge in [-0.15, -0.1) is 0 Å². The molecule has 5 heteroatoms. The molecule has 4 rings (SSSR count). The van der Waals surface area contributed by atoms with Gasteiger partial charge in [-0.25, -0.2) is 9.37 Å². The van der Waals surface area contributed by atoms with Crippen LogP contribution < -0.4 is 0 Å². The van der Waals surface area contributed by atoms with Crippen LogP contribution in [0.4, 0.5) is 4.39 Å². The highest BCUT2D eigenvalue weighted by atomic mass is 19.1. The number of imidazole rings is 1. The molecule has 1 N–H and O–H groups in total. The second-order valence-electron chi connectivity index (χ2n) is 5.87. The van der Waals surface area contributed by atoms with Crippen molar-refractivity contribution in [3.63, 3.8) is 0 Å². The summed E-state index contributed by atoms with van der Waals surface area (Å²) in [4.78, 5) is 21.5. The molecule has 23 heavy (non-hydrogen) atoms. The highest BCUT2D eigenvalue weighted by Gasteiger charge is 2.30. The maximum Gasteiger partial charge on any atom is 0.259 e. The van der Waals surface area contributed by atoms with Crippen LogP contribution in [0, 0.1) is 5.82 Å². The zero-order chi connectivity index (χ0) is 15.8. The number of aromatic nitrogens is 2. The van der Waals surface area contributed by atoms with Crippen LogP contribution in [0.15, 0.2) is 48.8 Å². The summed E-state index contributed by atoms with van der Waals surface area (Å²) >= 11 is 0. The molecule has 1 aliphatic rings. The number of nitrogens with zero attached hydrogens (tertiary/aromatic N) is 2. The van der Waals surface area contributed by atoms with Gasteiger partial charge in [-0.05, 0) is 24.1 Å². The second-order valence-corrected chi connectivity index (χ2v) is 5.87. The Hall–Kier alpha value is -2.69. The Morgan fingerprint density at radius 1 is 1.22 bits per heavy atom. The quantitative estimate of drug-likeness (QED) is 0.789. The highest BCUT2D eigenvalue weighted by Crippen LogP contribution is 2.29. The van der Waals surface area contributed by atoms with Crippen LogP contribution in [0.25, 0.3) is 11.0 Å². The molecule has 1 fully saturated rings. The van der Waals surface area contributed by atoms with Crippen LogP contribution in [0.3, 0.4) is 0 Å². The molecular weight excluding hydrogens is 293 g/mol. The largest absolute Gasteiger partial charge is 0.345 e. The Morgan fingerprint density at radius 3 is 2.87 bits per heavy atom. The van der Waals surface area contributed by atoms with Crippen molar-refractivity contribution in [1.82, 2.24) is 14.9 Å². The number of nitrogens with one attached hydrogen (secondary N) is 1. The number of H-pyrrole nitrogens is 1. The van der Waals surface area contributed by atoms with E-state index in [4.69, 9.17) is 0 Å². The van der Waals surface area contributed by atoms with Crippen molar-refractivity contribution in [2.75, 3.05) is 13.1 Å². The van der Waals surface area contributed by atoms with Crippen molar-refractivity contribution in [1.29, 1.82) is 0 Å². The molecule has 1 aliphatic heterocycles. The Balaban J connectivity index is 1.62. The summed E-state index contributed by atoms with van der Waals surface area (Å²) in [6.07, 6.45) is 2.38. The van der Waals surface area contributed by atoms with E-state index in [2.05, 4.69) is 22.1 Å². The summed E-state index contributed by atoms with van der Waals surface area (Å²) < 4.78 is 14.2. The van der Waals surface area contributed by atoms with Crippen LogP contribution in [0.1, 0.15) is 28.3 Å². The monoisotopic (exact) mass is 309 g/mol. The summed E-state index contributed by atoms with van der Waals surface area (Å²) in [6.45, 7) is 1.25. The molecule has 0 aliphatic carbocycles. The first-order chi connectivity index (χ1) is 11.2. The number of likely N-dealkylation sites (tertiary alicyclic amines) is 1. The third kappa shape index (κ3) is 2.38. The van der Waals surface area contributed by atoms with Gasteiger partial charge in [0, 0.05) is 19.0 Å². The molecule has 0 radical (unpaired) electrons. The number of fused-ring (bicyclic) bond motifs is 1. The smallest absolute Gasteiger partial charge is 0.259 e. The van der Waals surface area contributed by atoms with Crippen LogP contribution >= 0.6 is 0 Å². The molecule has 116 valence electrons. The molecule has 0 saturated carbocycles. The van der Waals surface area contributed by atoms with E-state index in [0.29, 0.717) is 30.0 Å². The van der Waals surface area contributed by atoms with Gasteiger partial charge >= 0.3 is 0 Å². The number of halogens is 1. The van der Waals surface area contributed by atoms with Gasteiger partial charge in [0.05, 0.1) is 11.8 Å². The number of carbonyl (C=O) groups is 1. The van der Waals surface area contributed by atoms with Crippen molar-refractivity contribution >= 4 is 16.9 Å². The Kier molecular flexibility index (Phi) is 3.33. The fraction of sp³-hybridized carbons (Fsp3) is 0.222. The summed E-state index contributed by atoms with van der Waals surface area (Å²) in [5.74, 6) is -0.488. The molecule has 1 unspecified atom stereocenters. The van der Waals surface area contributed by atoms with Gasteiger partial charge < -0.3 is 9.88 Å². The van der Waals surface area contributed by atoms with Gasteiger partial charge in [-0.3, -0.25) is 4.79 Å². The fourth-order valence-electron chi connectivity index (χ4n) is 3.29. The normalized spacial score (nSPS) is 17.8. The van der Waals surface area contributed by atoms with E-state index in [1.807, 2.05) is 18.2 Å². The number of benzene rings is 2. The summed E-state index contributed by atoms with van der Waals surface area (Å²) in [5.41, 5.74) is 2.37. The molecule has 0 bridgehead atoms. The molecule has 1 aromatic heterocycles. The summed E-state index contributed by atoms with van der Waals surface area (Å²) in [5, 5.41) is 0. The lowest BCUT2D eigenvalue weighted by molar-refractivity contribution is 0.0788. The third-order valence-corrected chi connectivity index (χ3v) is 4.50. The van der Waals surface area contributed by atoms with Gasteiger partial charge in [0.2, 0.25) is 0 Å². The summed E-state index contributed by atoms with van der Waals surface area (Å²) in [7, 11) is 0. The van der Waals surface area contributed by atoms with E-state index in [-0.39, 0.29) is 11.5 Å². The maximum absolute atomic E-state index is 14.2. The first-order valence-corrected chi connectivity index (χ1v) is 7.70. The van der Waals surface area contributed by atoms with E-state index >= 15 is 0 Å². The molecule has 2 aromatic carbocycles. The average molecular weight is 309 g/mol. The van der Waals surface area contributed by atoms with Crippen molar-refractivity contribution < 1.29 is 9.18 Å². The molecule has 4 nitrogen and oxygen atoms in total. The Bertz CT molecular complexity index is 859. The highest BCUT2D eigenvalue weighted by molar-refractivity contribution is 6.05. The molecular formula is C18H16FN3O. The lowest BCUT2D eigenvalue weighted by atomic mass is 9.99. The van der Waals surface area contributed by atoms with Gasteiger partial charge in [0.15, 0.2) is 0 Å². The van der Waals surface area contributed by atoms with Gasteiger partial charge in [0.25, 0.3) is 5.91 Å². The predicted octanol–water partition coefficient (Wildman–Crippen LogP) is 3.33. The number of hydrogen-bond donors (Lipinski definition) is 1. The van der Waals surface area contributed by atoms with Crippen LogP contribution in [-0.4, -0.2) is 33.9 Å². The summed E-state index contributed by atoms with van der Waals surface area (Å²) in [6, 6.07) is 13.1. The van der Waals surface area contributed by atoms with Crippen molar-refractivity contribution in [3.8, 4) is 0 Å². The van der Waals surface area contributed by atoms with Crippen molar-refractivity contribution in [3.05, 3.63) is 65.7 Å². The van der Waals surface area contributed by atoms with Gasteiger partial charge in [-0.1, -0.05) is 30.3 Å². The molecule has 2 heterocycles. The molecule has 1 saturated heterocycles. The maximum atomic E-state index is 14.2.